The maximum atomic E-state index is 5.62. The molecule has 0 aromatic heterocycles. The van der Waals surface area contributed by atoms with E-state index in [4.69, 9.17) is 49.0 Å². The predicted molar refractivity (Wildman–Crippen MR) is 158 cm³/mol. The Kier molecular flexibility index (Phi) is 11.7. The van der Waals surface area contributed by atoms with Gasteiger partial charge < -0.3 is 14.2 Å². The highest BCUT2D eigenvalue weighted by molar-refractivity contribution is 6.17. The second-order valence-electron chi connectivity index (χ2n) is 14.4. The van der Waals surface area contributed by atoms with Gasteiger partial charge in [0.1, 0.15) is 18.2 Å². The van der Waals surface area contributed by atoms with Crippen LogP contribution < -0.4 is 0 Å². The molecule has 0 unspecified atom stereocenters. The van der Waals surface area contributed by atoms with Crippen LogP contribution in [0.1, 0.15) is 103 Å². The first-order chi connectivity index (χ1) is 18.6. The van der Waals surface area contributed by atoms with Crippen molar-refractivity contribution in [1.82, 2.24) is 0 Å². The Morgan fingerprint density at radius 3 is 1.50 bits per heavy atom. The van der Waals surface area contributed by atoms with Crippen molar-refractivity contribution in [2.45, 2.75) is 103 Å². The molecule has 9 fully saturated rings. The van der Waals surface area contributed by atoms with Crippen LogP contribution in [-0.4, -0.2) is 38.0 Å². The van der Waals surface area contributed by atoms with Crippen LogP contribution in [0.2, 0.25) is 0 Å². The van der Waals surface area contributed by atoms with Gasteiger partial charge >= 0.3 is 0 Å². The van der Waals surface area contributed by atoms with Crippen LogP contribution in [-0.2, 0) is 14.2 Å². The summed E-state index contributed by atoms with van der Waals surface area (Å²) in [6.45, 7) is 2.74. The van der Waals surface area contributed by atoms with E-state index in [1.165, 1.54) is 103 Å². The summed E-state index contributed by atoms with van der Waals surface area (Å²) in [6, 6.07) is 1.11. The lowest BCUT2D eigenvalue weighted by Crippen LogP contribution is -2.48. The van der Waals surface area contributed by atoms with Crippen molar-refractivity contribution < 1.29 is 14.2 Å². The number of rotatable bonds is 9. The van der Waals surface area contributed by atoms with Gasteiger partial charge in [0.25, 0.3) is 0 Å². The van der Waals surface area contributed by atoms with E-state index in [-0.39, 0.29) is 0 Å². The van der Waals surface area contributed by atoms with Crippen molar-refractivity contribution in [3.8, 4) is 0 Å². The molecular weight excluding hydrogens is 539 g/mol. The van der Waals surface area contributed by atoms with E-state index in [1.54, 1.807) is 0 Å². The van der Waals surface area contributed by atoms with Gasteiger partial charge in [-0.05, 0) is 142 Å². The summed E-state index contributed by atoms with van der Waals surface area (Å²) in [5.41, 5.74) is 0.545. The van der Waals surface area contributed by atoms with Crippen molar-refractivity contribution in [1.29, 1.82) is 0 Å². The van der Waals surface area contributed by atoms with Crippen LogP contribution in [0, 0.1) is 58.7 Å². The first kappa shape index (κ1) is 30.2. The van der Waals surface area contributed by atoms with E-state index in [0.29, 0.717) is 23.6 Å². The smallest absolute Gasteiger partial charge is 0.120 e. The highest BCUT2D eigenvalue weighted by Crippen LogP contribution is 2.60. The number of hydrogen-bond donors (Lipinski definition) is 0. The average Bonchev–Trinajstić information content (AvgIpc) is 2.91. The Hall–Kier alpha value is 0.750. The molecule has 0 aromatic carbocycles. The molecule has 38 heavy (non-hydrogen) atoms. The summed E-state index contributed by atoms with van der Waals surface area (Å²) >= 11 is 16.6. The van der Waals surface area contributed by atoms with Gasteiger partial charge in [0.2, 0.25) is 0 Å². The van der Waals surface area contributed by atoms with Gasteiger partial charge in [0.05, 0.1) is 19.8 Å². The molecule has 0 spiro atoms. The Morgan fingerprint density at radius 1 is 0.526 bits per heavy atom. The molecule has 0 radical (unpaired) electrons. The first-order valence-corrected chi connectivity index (χ1v) is 17.6. The highest BCUT2D eigenvalue weighted by atomic mass is 35.5. The van der Waals surface area contributed by atoms with Crippen molar-refractivity contribution in [2.24, 2.45) is 58.7 Å². The molecule has 220 valence electrons. The van der Waals surface area contributed by atoms with E-state index in [9.17, 15) is 0 Å². The fourth-order valence-corrected chi connectivity index (χ4v) is 11.0. The third-order valence-corrected chi connectivity index (χ3v) is 12.1. The summed E-state index contributed by atoms with van der Waals surface area (Å²) in [6.07, 6.45) is 23.2. The van der Waals surface area contributed by atoms with Gasteiger partial charge in [0.15, 0.2) is 0 Å². The molecule has 0 aliphatic heterocycles. The molecule has 3 nitrogen and oxygen atoms in total. The fourth-order valence-electron chi connectivity index (χ4n) is 10.8. The summed E-state index contributed by atoms with van der Waals surface area (Å²) < 4.78 is 16.0. The second kappa shape index (κ2) is 14.8. The lowest BCUT2D eigenvalue weighted by atomic mass is 9.50. The third-order valence-electron chi connectivity index (χ3n) is 11.6. The van der Waals surface area contributed by atoms with E-state index in [2.05, 4.69) is 0 Å². The second-order valence-corrected chi connectivity index (χ2v) is 15.1. The molecule has 0 N–H and O–H groups in total. The maximum absolute atomic E-state index is 5.62. The quantitative estimate of drug-likeness (QED) is 0.250. The van der Waals surface area contributed by atoms with Crippen LogP contribution in [0.25, 0.3) is 0 Å². The van der Waals surface area contributed by atoms with Crippen LogP contribution in [0.15, 0.2) is 0 Å². The normalized spacial score (nSPS) is 42.4. The molecule has 8 bridgehead atoms. The van der Waals surface area contributed by atoms with E-state index in [0.717, 1.165) is 73.1 Å². The van der Waals surface area contributed by atoms with Gasteiger partial charge in [-0.2, -0.15) is 0 Å². The fraction of sp³-hybridized carbons (Fsp3) is 1.00. The summed E-state index contributed by atoms with van der Waals surface area (Å²) in [5, 5.41) is 0. The Balaban J connectivity index is 0.000000118. The minimum absolute atomic E-state index is 0.358. The number of alkyl halides is 3. The predicted octanol–water partition coefficient (Wildman–Crippen LogP) is 9.47. The monoisotopic (exact) mass is 590 g/mol. The zero-order chi connectivity index (χ0) is 26.4. The topological polar surface area (TPSA) is 27.7 Å². The first-order valence-electron chi connectivity index (χ1n) is 16.0. The zero-order valence-electron chi connectivity index (χ0n) is 23.6. The highest BCUT2D eigenvalue weighted by Gasteiger charge is 2.51. The molecule has 0 amide bonds. The van der Waals surface area contributed by atoms with E-state index >= 15 is 0 Å². The van der Waals surface area contributed by atoms with Crippen molar-refractivity contribution >= 4 is 34.8 Å². The van der Waals surface area contributed by atoms with Crippen LogP contribution in [0.4, 0.5) is 0 Å². The van der Waals surface area contributed by atoms with Gasteiger partial charge in [0, 0.05) is 0 Å². The SMILES string of the molecule is ClCOCC12CC3CC(CC(C3)C1)C2.ClCOCC1C2CC3CC(C2)CC1C3.ClCOCC1CCCCC1. The zero-order valence-corrected chi connectivity index (χ0v) is 25.9. The Bertz CT molecular complexity index is 634. The Labute approximate surface area is 247 Å². The Morgan fingerprint density at radius 2 is 1.00 bits per heavy atom. The molecule has 9 aliphatic carbocycles. The average molecular weight is 592 g/mol. The van der Waals surface area contributed by atoms with Gasteiger partial charge in [-0.1, -0.05) is 54.1 Å². The number of hydrogen-bond acceptors (Lipinski definition) is 3. The van der Waals surface area contributed by atoms with Gasteiger partial charge in [-0.3, -0.25) is 0 Å². The van der Waals surface area contributed by atoms with E-state index in [1.807, 2.05) is 0 Å². The van der Waals surface area contributed by atoms with Crippen LogP contribution in [0.3, 0.4) is 0 Å². The third kappa shape index (κ3) is 7.97. The molecule has 0 saturated heterocycles. The standard InChI is InChI=1S/2C12H19ClO.C8H15ClO/c13-8-14-7-12-4-9-1-10(5-12)3-11(2-9)6-12;13-7-14-6-12-10-2-8-1-9(4-10)5-11(12)3-8;9-7-10-6-8-4-2-1-3-5-8/h9-11H,1-8H2;8-12H,1-7H2;8H,1-7H2. The minimum Gasteiger partial charge on any atom is -0.365 e. The lowest BCUT2D eigenvalue weighted by molar-refractivity contribution is -0.0906. The van der Waals surface area contributed by atoms with Crippen LogP contribution >= 0.6 is 34.8 Å². The molecule has 0 atom stereocenters. The number of halogens is 3. The molecule has 0 heterocycles. The largest absolute Gasteiger partial charge is 0.365 e. The lowest BCUT2D eigenvalue weighted by Gasteiger charge is -2.56. The summed E-state index contributed by atoms with van der Waals surface area (Å²) in [5.74, 6) is 8.84. The van der Waals surface area contributed by atoms with Crippen molar-refractivity contribution in [3.63, 3.8) is 0 Å². The van der Waals surface area contributed by atoms with Crippen molar-refractivity contribution in [3.05, 3.63) is 0 Å². The van der Waals surface area contributed by atoms with Gasteiger partial charge in [-0.15, -0.1) is 0 Å². The van der Waals surface area contributed by atoms with Crippen molar-refractivity contribution in [2.75, 3.05) is 38.0 Å². The summed E-state index contributed by atoms with van der Waals surface area (Å²) in [7, 11) is 0. The number of ether oxygens (including phenoxy) is 3. The molecule has 0 aromatic rings. The molecule has 6 heteroatoms. The molecule has 9 aliphatic rings. The maximum Gasteiger partial charge on any atom is 0.120 e. The molecule has 9 rings (SSSR count). The van der Waals surface area contributed by atoms with Gasteiger partial charge in [-0.25, -0.2) is 0 Å². The summed E-state index contributed by atoms with van der Waals surface area (Å²) in [4.78, 5) is 0. The molecule has 9 saturated carbocycles. The van der Waals surface area contributed by atoms with E-state index < -0.39 is 0 Å². The minimum atomic E-state index is 0.358. The molecular formula is C32H53Cl3O3. The van der Waals surface area contributed by atoms with Crippen LogP contribution in [0.5, 0.6) is 0 Å².